The summed E-state index contributed by atoms with van der Waals surface area (Å²) < 4.78 is 6.80. The van der Waals surface area contributed by atoms with E-state index in [0.717, 1.165) is 25.1 Å². The van der Waals surface area contributed by atoms with Crippen LogP contribution in [0.2, 0.25) is 0 Å². The molecule has 0 saturated carbocycles. The van der Waals surface area contributed by atoms with Gasteiger partial charge in [-0.05, 0) is 30.7 Å². The lowest BCUT2D eigenvalue weighted by Crippen LogP contribution is -2.25. The van der Waals surface area contributed by atoms with Crippen molar-refractivity contribution in [2.75, 3.05) is 13.6 Å². The third-order valence-electron chi connectivity index (χ3n) is 4.72. The van der Waals surface area contributed by atoms with E-state index >= 15 is 0 Å². The quantitative estimate of drug-likeness (QED) is 0.601. The van der Waals surface area contributed by atoms with E-state index in [9.17, 15) is 9.59 Å². The molecule has 0 fully saturated rings. The number of rotatable bonds is 6. The first-order chi connectivity index (χ1) is 13.6. The summed E-state index contributed by atoms with van der Waals surface area (Å²) >= 11 is 1.54. The van der Waals surface area contributed by atoms with E-state index in [1.807, 2.05) is 36.4 Å². The molecular weight excluding hydrogens is 374 g/mol. The Labute approximate surface area is 167 Å². The van der Waals surface area contributed by atoms with Crippen molar-refractivity contribution in [1.82, 2.24) is 14.7 Å². The fourth-order valence-electron chi connectivity index (χ4n) is 3.18. The number of Topliss-reactive ketones (excluding diaryl/α,β-unsaturated/α-hetero) is 1. The Balaban J connectivity index is 1.42. The molecule has 1 aliphatic heterocycles. The van der Waals surface area contributed by atoms with Gasteiger partial charge in [0.1, 0.15) is 18.9 Å². The molecule has 144 valence electrons. The van der Waals surface area contributed by atoms with E-state index in [-0.39, 0.29) is 17.9 Å². The first kappa shape index (κ1) is 18.6. The Morgan fingerprint density at radius 2 is 2.07 bits per heavy atom. The second-order valence-corrected chi connectivity index (χ2v) is 8.07. The average molecular weight is 395 g/mol. The topological polar surface area (TPSA) is 64.4 Å². The van der Waals surface area contributed by atoms with E-state index in [1.165, 1.54) is 38.7 Å². The molecule has 0 bridgehead atoms. The maximum Gasteiger partial charge on any atom is 0.270 e. The summed E-state index contributed by atoms with van der Waals surface area (Å²) in [6, 6.07) is 13.0. The highest BCUT2D eigenvalue weighted by Crippen LogP contribution is 2.28. The van der Waals surface area contributed by atoms with Gasteiger partial charge in [0.25, 0.3) is 5.56 Å². The largest absolute Gasteiger partial charge is 0.487 e. The molecule has 4 rings (SSSR count). The predicted molar refractivity (Wildman–Crippen MR) is 108 cm³/mol. The second-order valence-electron chi connectivity index (χ2n) is 6.93. The maximum atomic E-state index is 12.6. The lowest BCUT2D eigenvalue weighted by molar-refractivity contribution is 0.0969. The number of ether oxygens (including phenoxy) is 1. The van der Waals surface area contributed by atoms with Gasteiger partial charge < -0.3 is 9.64 Å². The van der Waals surface area contributed by atoms with Crippen LogP contribution in [0.5, 0.6) is 5.75 Å². The van der Waals surface area contributed by atoms with Crippen molar-refractivity contribution < 1.29 is 9.53 Å². The summed E-state index contributed by atoms with van der Waals surface area (Å²) in [6.45, 7) is 2.17. The van der Waals surface area contributed by atoms with E-state index in [0.29, 0.717) is 17.2 Å². The minimum absolute atomic E-state index is 0.0625. The van der Waals surface area contributed by atoms with Crippen molar-refractivity contribution in [1.29, 1.82) is 0 Å². The van der Waals surface area contributed by atoms with Crippen LogP contribution in [0.1, 0.15) is 25.7 Å². The minimum Gasteiger partial charge on any atom is -0.487 e. The highest BCUT2D eigenvalue weighted by Gasteiger charge is 2.20. The Morgan fingerprint density at radius 1 is 1.25 bits per heavy atom. The van der Waals surface area contributed by atoms with Gasteiger partial charge in [0.05, 0.1) is 11.1 Å². The normalized spacial score (nSPS) is 13.9. The first-order valence-corrected chi connectivity index (χ1v) is 9.97. The van der Waals surface area contributed by atoms with Gasteiger partial charge in [-0.25, -0.2) is 4.68 Å². The van der Waals surface area contributed by atoms with E-state index in [1.54, 1.807) is 0 Å². The molecule has 6 nitrogen and oxygen atoms in total. The molecule has 1 aliphatic rings. The molecule has 0 amide bonds. The number of benzene rings is 1. The number of hydrogen-bond acceptors (Lipinski definition) is 6. The Kier molecular flexibility index (Phi) is 5.36. The van der Waals surface area contributed by atoms with Gasteiger partial charge in [0.15, 0.2) is 5.78 Å². The Hall–Kier alpha value is -2.77. The van der Waals surface area contributed by atoms with Crippen molar-refractivity contribution in [3.63, 3.8) is 0 Å². The molecule has 0 N–H and O–H groups in total. The van der Waals surface area contributed by atoms with Crippen LogP contribution in [0.3, 0.4) is 0 Å². The van der Waals surface area contributed by atoms with Crippen molar-refractivity contribution >= 4 is 17.1 Å². The Bertz CT molecular complexity index is 1040. The summed E-state index contributed by atoms with van der Waals surface area (Å²) in [6.07, 6.45) is 2.45. The van der Waals surface area contributed by atoms with Crippen molar-refractivity contribution in [2.24, 2.45) is 0 Å². The third kappa shape index (κ3) is 4.21. The molecule has 0 radical (unpaired) electrons. The van der Waals surface area contributed by atoms with Crippen LogP contribution in [-0.2, 0) is 26.1 Å². The molecule has 0 unspecified atom stereocenters. The van der Waals surface area contributed by atoms with Gasteiger partial charge in [0, 0.05) is 24.0 Å². The zero-order chi connectivity index (χ0) is 19.5. The van der Waals surface area contributed by atoms with Crippen LogP contribution in [0.25, 0.3) is 0 Å². The van der Waals surface area contributed by atoms with Crippen molar-refractivity contribution in [3.8, 4) is 5.75 Å². The van der Waals surface area contributed by atoms with Crippen LogP contribution >= 0.6 is 11.3 Å². The van der Waals surface area contributed by atoms with Crippen LogP contribution in [0, 0.1) is 0 Å². The molecule has 0 spiro atoms. The fraction of sp³-hybridized carbons (Fsp3) is 0.286. The number of carbonyl (C=O) groups is 1. The molecule has 3 aromatic rings. The lowest BCUT2D eigenvalue weighted by Gasteiger charge is -2.21. The highest BCUT2D eigenvalue weighted by molar-refractivity contribution is 7.14. The van der Waals surface area contributed by atoms with E-state index in [2.05, 4.69) is 17.0 Å². The van der Waals surface area contributed by atoms with Crippen LogP contribution in [0.15, 0.2) is 53.5 Å². The van der Waals surface area contributed by atoms with Crippen molar-refractivity contribution in [2.45, 2.75) is 26.1 Å². The zero-order valence-corrected chi connectivity index (χ0v) is 16.4. The van der Waals surface area contributed by atoms with Gasteiger partial charge in [-0.1, -0.05) is 30.3 Å². The highest BCUT2D eigenvalue weighted by atomic mass is 32.1. The number of aromatic nitrogens is 2. The number of likely N-dealkylation sites (N-methyl/N-ethyl adjacent to an activating group) is 1. The summed E-state index contributed by atoms with van der Waals surface area (Å²) in [7, 11) is 2.08. The SMILES string of the molecule is CN1CCc2sc(C(=O)Cn3ncc(OCc4ccccc4)cc3=O)cc2C1. The number of ketones is 1. The van der Waals surface area contributed by atoms with Gasteiger partial charge >= 0.3 is 0 Å². The first-order valence-electron chi connectivity index (χ1n) is 9.16. The summed E-state index contributed by atoms with van der Waals surface area (Å²) in [5.41, 5.74) is 1.88. The summed E-state index contributed by atoms with van der Waals surface area (Å²) in [4.78, 5) is 29.2. The molecule has 28 heavy (non-hydrogen) atoms. The number of carbonyl (C=O) groups excluding carboxylic acids is 1. The van der Waals surface area contributed by atoms with E-state index < -0.39 is 0 Å². The third-order valence-corrected chi connectivity index (χ3v) is 6.00. The number of thiophene rings is 1. The maximum absolute atomic E-state index is 12.6. The van der Waals surface area contributed by atoms with Gasteiger partial charge in [-0.3, -0.25) is 9.59 Å². The molecule has 1 aromatic carbocycles. The monoisotopic (exact) mass is 395 g/mol. The number of hydrogen-bond donors (Lipinski definition) is 0. The van der Waals surface area contributed by atoms with Gasteiger partial charge in [0.2, 0.25) is 0 Å². The fourth-order valence-corrected chi connectivity index (χ4v) is 4.27. The average Bonchev–Trinajstić information content (AvgIpc) is 3.12. The minimum atomic E-state index is -0.347. The second kappa shape index (κ2) is 8.08. The van der Waals surface area contributed by atoms with Crippen molar-refractivity contribution in [3.05, 3.63) is 79.9 Å². The Morgan fingerprint density at radius 3 is 2.86 bits per heavy atom. The smallest absolute Gasteiger partial charge is 0.270 e. The van der Waals surface area contributed by atoms with Gasteiger partial charge in [-0.15, -0.1) is 11.3 Å². The zero-order valence-electron chi connectivity index (χ0n) is 15.6. The van der Waals surface area contributed by atoms with Crippen LogP contribution in [0.4, 0.5) is 0 Å². The van der Waals surface area contributed by atoms with Gasteiger partial charge in [-0.2, -0.15) is 5.10 Å². The predicted octanol–water partition coefficient (Wildman–Crippen LogP) is 2.75. The lowest BCUT2D eigenvalue weighted by atomic mass is 10.1. The number of fused-ring (bicyclic) bond motifs is 1. The van der Waals surface area contributed by atoms with Crippen LogP contribution in [-0.4, -0.2) is 34.1 Å². The molecular formula is C21H21N3O3S. The summed E-state index contributed by atoms with van der Waals surface area (Å²) in [5.74, 6) is 0.307. The van der Waals surface area contributed by atoms with Crippen LogP contribution < -0.4 is 10.3 Å². The van der Waals surface area contributed by atoms with E-state index in [4.69, 9.17) is 4.74 Å². The molecule has 3 heterocycles. The molecule has 2 aromatic heterocycles. The molecule has 7 heteroatoms. The number of nitrogens with zero attached hydrogens (tertiary/aromatic N) is 3. The standard InChI is InChI=1S/C21H21N3O3S/c1-23-8-7-19-16(12-23)9-20(28-19)18(25)13-24-21(26)10-17(11-22-24)27-14-15-5-3-2-4-6-15/h2-6,9-11H,7-8,12-14H2,1H3. The molecule has 0 saturated heterocycles. The summed E-state index contributed by atoms with van der Waals surface area (Å²) in [5, 5.41) is 4.10. The molecule has 0 atom stereocenters. The molecule has 0 aliphatic carbocycles.